The molecule has 0 aromatic heterocycles. The zero-order chi connectivity index (χ0) is 20.2. The van der Waals surface area contributed by atoms with Gasteiger partial charge in [-0.25, -0.2) is 0 Å². The average molecular weight is 378 g/mol. The molecule has 0 spiro atoms. The van der Waals surface area contributed by atoms with Crippen molar-refractivity contribution in [2.45, 2.75) is 26.7 Å². The Morgan fingerprint density at radius 1 is 1.30 bits per heavy atom. The van der Waals surface area contributed by atoms with Gasteiger partial charge >= 0.3 is 5.97 Å². The highest BCUT2D eigenvalue weighted by atomic mass is 16.5. The summed E-state index contributed by atoms with van der Waals surface area (Å²) in [7, 11) is 3.05. The Balaban J connectivity index is 2.01. The van der Waals surface area contributed by atoms with Gasteiger partial charge in [0.25, 0.3) is 0 Å². The Labute approximate surface area is 158 Å². The molecule has 0 bridgehead atoms. The first-order chi connectivity index (χ1) is 12.7. The van der Waals surface area contributed by atoms with Gasteiger partial charge in [0.1, 0.15) is 11.5 Å². The van der Waals surface area contributed by atoms with E-state index in [1.54, 1.807) is 39.2 Å². The van der Waals surface area contributed by atoms with E-state index in [-0.39, 0.29) is 31.3 Å². The minimum Gasteiger partial charge on any atom is -0.497 e. The van der Waals surface area contributed by atoms with Gasteiger partial charge in [0.15, 0.2) is 0 Å². The lowest BCUT2D eigenvalue weighted by Crippen LogP contribution is -2.36. The topological polar surface area (TPSA) is 105 Å². The minimum absolute atomic E-state index is 0.101. The van der Waals surface area contributed by atoms with Crippen LogP contribution in [0.2, 0.25) is 0 Å². The molecule has 0 radical (unpaired) electrons. The highest BCUT2D eigenvalue weighted by Crippen LogP contribution is 2.35. The summed E-state index contributed by atoms with van der Waals surface area (Å²) >= 11 is 0. The second kappa shape index (κ2) is 8.28. The first kappa shape index (κ1) is 20.5. The summed E-state index contributed by atoms with van der Waals surface area (Å²) in [6.07, 6.45) is 0.411. The van der Waals surface area contributed by atoms with E-state index >= 15 is 0 Å². The molecule has 1 saturated heterocycles. The van der Waals surface area contributed by atoms with Crippen LogP contribution in [0, 0.1) is 11.3 Å². The van der Waals surface area contributed by atoms with Crippen LogP contribution in [0.4, 0.5) is 5.69 Å². The number of carboxylic acid groups (broad SMARTS) is 1. The number of carbonyl (C=O) groups is 3. The second-order valence-corrected chi connectivity index (χ2v) is 7.17. The van der Waals surface area contributed by atoms with E-state index in [0.717, 1.165) is 0 Å². The predicted octanol–water partition coefficient (Wildman–Crippen LogP) is 1.67. The molecule has 2 rings (SSSR count). The number of aliphatic carboxylic acids is 1. The third-order valence-corrected chi connectivity index (χ3v) is 4.80. The molecular weight excluding hydrogens is 352 g/mol. The van der Waals surface area contributed by atoms with Gasteiger partial charge in [-0.3, -0.25) is 14.4 Å². The number of carbonyl (C=O) groups excluding carboxylic acids is 2. The maximum absolute atomic E-state index is 12.4. The summed E-state index contributed by atoms with van der Waals surface area (Å²) in [4.78, 5) is 37.5. The lowest BCUT2D eigenvalue weighted by molar-refractivity contribution is -0.147. The first-order valence-electron chi connectivity index (χ1n) is 8.73. The molecule has 1 aromatic carbocycles. The van der Waals surface area contributed by atoms with Gasteiger partial charge in [-0.05, 0) is 32.4 Å². The number of hydrogen-bond acceptors (Lipinski definition) is 5. The fourth-order valence-electron chi connectivity index (χ4n) is 2.87. The van der Waals surface area contributed by atoms with Crippen LogP contribution < -0.4 is 19.7 Å². The highest BCUT2D eigenvalue weighted by Gasteiger charge is 2.36. The van der Waals surface area contributed by atoms with Gasteiger partial charge < -0.3 is 24.8 Å². The summed E-state index contributed by atoms with van der Waals surface area (Å²) in [5.41, 5.74) is -0.327. The number of nitrogens with one attached hydrogen (secondary N) is 1. The molecule has 1 aliphatic rings. The van der Waals surface area contributed by atoms with Gasteiger partial charge in [0.05, 0.1) is 31.2 Å². The van der Waals surface area contributed by atoms with Crippen molar-refractivity contribution >= 4 is 23.5 Å². The van der Waals surface area contributed by atoms with Crippen molar-refractivity contribution in [3.63, 3.8) is 0 Å². The maximum atomic E-state index is 12.4. The molecule has 8 nitrogen and oxygen atoms in total. The number of rotatable bonds is 8. The number of ether oxygens (including phenoxy) is 2. The zero-order valence-electron chi connectivity index (χ0n) is 16.1. The normalized spacial score (nSPS) is 17.0. The van der Waals surface area contributed by atoms with Crippen LogP contribution in [-0.2, 0) is 14.4 Å². The molecule has 0 saturated carbocycles. The van der Waals surface area contributed by atoms with Crippen LogP contribution >= 0.6 is 0 Å². The minimum atomic E-state index is -0.915. The van der Waals surface area contributed by atoms with Gasteiger partial charge in [-0.1, -0.05) is 0 Å². The highest BCUT2D eigenvalue weighted by molar-refractivity contribution is 6.01. The number of methoxy groups -OCH3 is 2. The second-order valence-electron chi connectivity index (χ2n) is 7.17. The van der Waals surface area contributed by atoms with Gasteiger partial charge in [-0.2, -0.15) is 0 Å². The van der Waals surface area contributed by atoms with E-state index in [9.17, 15) is 14.4 Å². The van der Waals surface area contributed by atoms with Crippen LogP contribution in [0.3, 0.4) is 0 Å². The molecule has 2 N–H and O–H groups in total. The molecule has 8 heteroatoms. The van der Waals surface area contributed by atoms with Gasteiger partial charge in [0, 0.05) is 25.6 Å². The smallest absolute Gasteiger partial charge is 0.309 e. The van der Waals surface area contributed by atoms with E-state index < -0.39 is 17.3 Å². The van der Waals surface area contributed by atoms with E-state index in [1.165, 1.54) is 12.0 Å². The molecule has 1 aliphatic heterocycles. The Bertz CT molecular complexity index is 731. The lowest BCUT2D eigenvalue weighted by Gasteiger charge is -2.21. The predicted molar refractivity (Wildman–Crippen MR) is 99.0 cm³/mol. The lowest BCUT2D eigenvalue weighted by atomic mass is 9.89. The van der Waals surface area contributed by atoms with Crippen molar-refractivity contribution in [1.29, 1.82) is 0 Å². The van der Waals surface area contributed by atoms with Gasteiger partial charge in [-0.15, -0.1) is 0 Å². The van der Waals surface area contributed by atoms with E-state index in [4.69, 9.17) is 14.6 Å². The Morgan fingerprint density at radius 3 is 2.59 bits per heavy atom. The summed E-state index contributed by atoms with van der Waals surface area (Å²) in [5, 5.41) is 11.9. The number of benzene rings is 1. The quantitative estimate of drug-likeness (QED) is 0.713. The number of anilines is 1. The summed E-state index contributed by atoms with van der Waals surface area (Å²) < 4.78 is 10.5. The Hall–Kier alpha value is -2.77. The summed E-state index contributed by atoms with van der Waals surface area (Å²) in [6, 6.07) is 5.14. The van der Waals surface area contributed by atoms with Crippen molar-refractivity contribution < 1.29 is 29.0 Å². The van der Waals surface area contributed by atoms with E-state index in [0.29, 0.717) is 23.6 Å². The third kappa shape index (κ3) is 4.69. The summed E-state index contributed by atoms with van der Waals surface area (Å²) in [6.45, 7) is 3.71. The number of hydrogen-bond donors (Lipinski definition) is 2. The number of amides is 2. The van der Waals surface area contributed by atoms with Crippen LogP contribution in [0.5, 0.6) is 11.5 Å². The molecule has 1 heterocycles. The fraction of sp³-hybridized carbons (Fsp3) is 0.526. The molecule has 1 fully saturated rings. The Kier molecular flexibility index (Phi) is 6.30. The van der Waals surface area contributed by atoms with Crippen LogP contribution in [-0.4, -0.2) is 50.2 Å². The zero-order valence-corrected chi connectivity index (χ0v) is 16.1. The molecule has 0 aliphatic carbocycles. The standard InChI is InChI=1S/C19H26N2O6/c1-19(2,18(24)25)7-8-20-17(23)12-9-16(22)21(11-12)14-6-5-13(26-3)10-15(14)27-4/h5-6,10,12H,7-9,11H2,1-4H3,(H,20,23)(H,24,25). The summed E-state index contributed by atoms with van der Waals surface area (Å²) in [5.74, 6) is -0.712. The molecule has 27 heavy (non-hydrogen) atoms. The van der Waals surface area contributed by atoms with E-state index in [1.807, 2.05) is 0 Å². The molecule has 1 unspecified atom stereocenters. The van der Waals surface area contributed by atoms with Crippen LogP contribution in [0.1, 0.15) is 26.7 Å². The maximum Gasteiger partial charge on any atom is 0.309 e. The first-order valence-corrected chi connectivity index (χ1v) is 8.73. The number of nitrogens with zero attached hydrogens (tertiary/aromatic N) is 1. The molecular formula is C19H26N2O6. The molecule has 148 valence electrons. The molecule has 1 aromatic rings. The SMILES string of the molecule is COc1ccc(N2CC(C(=O)NCCC(C)(C)C(=O)O)CC2=O)c(OC)c1. The van der Waals surface area contributed by atoms with Crippen molar-refractivity contribution in [1.82, 2.24) is 5.32 Å². The molecule has 2 amide bonds. The van der Waals surface area contributed by atoms with E-state index in [2.05, 4.69) is 5.32 Å². The third-order valence-electron chi connectivity index (χ3n) is 4.80. The van der Waals surface area contributed by atoms with Crippen LogP contribution in [0.15, 0.2) is 18.2 Å². The molecule has 1 atom stereocenters. The monoisotopic (exact) mass is 378 g/mol. The van der Waals surface area contributed by atoms with Crippen molar-refractivity contribution in [2.75, 3.05) is 32.2 Å². The fourth-order valence-corrected chi connectivity index (χ4v) is 2.87. The van der Waals surface area contributed by atoms with Crippen LogP contribution in [0.25, 0.3) is 0 Å². The van der Waals surface area contributed by atoms with Crippen molar-refractivity contribution in [2.24, 2.45) is 11.3 Å². The van der Waals surface area contributed by atoms with Crippen molar-refractivity contribution in [3.8, 4) is 11.5 Å². The largest absolute Gasteiger partial charge is 0.497 e. The van der Waals surface area contributed by atoms with Gasteiger partial charge in [0.2, 0.25) is 11.8 Å². The average Bonchev–Trinajstić information content (AvgIpc) is 3.02. The van der Waals surface area contributed by atoms with Crippen molar-refractivity contribution in [3.05, 3.63) is 18.2 Å². The number of carboxylic acids is 1. The Morgan fingerprint density at radius 2 is 2.00 bits per heavy atom.